The first kappa shape index (κ1) is 13.4. The highest BCUT2D eigenvalue weighted by Crippen LogP contribution is 2.08. The Morgan fingerprint density at radius 2 is 1.93 bits per heavy atom. The number of nitrogens with zero attached hydrogens (tertiary/aromatic N) is 1. The van der Waals surface area contributed by atoms with E-state index in [1.165, 1.54) is 0 Å². The van der Waals surface area contributed by atoms with Crippen LogP contribution in [0.2, 0.25) is 0 Å². The van der Waals surface area contributed by atoms with E-state index in [0.717, 1.165) is 12.8 Å². The summed E-state index contributed by atoms with van der Waals surface area (Å²) in [5.74, 6) is -0.279. The first-order valence-electron chi connectivity index (χ1n) is 5.28. The highest BCUT2D eigenvalue weighted by atomic mass is 16.3. The number of rotatable bonds is 8. The lowest BCUT2D eigenvalue weighted by atomic mass is 10.1. The summed E-state index contributed by atoms with van der Waals surface area (Å²) in [5, 5.41) is 8.88. The van der Waals surface area contributed by atoms with Gasteiger partial charge in [-0.2, -0.15) is 0 Å². The van der Waals surface area contributed by atoms with Crippen LogP contribution in [0.15, 0.2) is 0 Å². The summed E-state index contributed by atoms with van der Waals surface area (Å²) in [6, 6.07) is 0.446. The van der Waals surface area contributed by atoms with E-state index >= 15 is 0 Å². The molecule has 0 saturated heterocycles. The van der Waals surface area contributed by atoms with Crippen molar-refractivity contribution in [1.29, 1.82) is 0 Å². The van der Waals surface area contributed by atoms with Gasteiger partial charge in [0.15, 0.2) is 0 Å². The van der Waals surface area contributed by atoms with E-state index in [1.54, 1.807) is 0 Å². The molecule has 0 radical (unpaired) electrons. The Balaban J connectivity index is 4.04. The van der Waals surface area contributed by atoms with Gasteiger partial charge in [0.2, 0.25) is 5.91 Å². The molecule has 0 aliphatic heterocycles. The smallest absolute Gasteiger partial charge is 0.218 e. The average molecular weight is 202 g/mol. The van der Waals surface area contributed by atoms with Gasteiger partial charge in [0.1, 0.15) is 0 Å². The molecular formula is C10H22N2O2. The lowest BCUT2D eigenvalue weighted by Crippen LogP contribution is -2.38. The van der Waals surface area contributed by atoms with Crippen LogP contribution in [-0.2, 0) is 4.79 Å². The summed E-state index contributed by atoms with van der Waals surface area (Å²) in [4.78, 5) is 12.8. The van der Waals surface area contributed by atoms with Crippen LogP contribution in [0.4, 0.5) is 0 Å². The molecule has 0 atom stereocenters. The fourth-order valence-electron chi connectivity index (χ4n) is 1.66. The highest BCUT2D eigenvalue weighted by molar-refractivity contribution is 5.73. The van der Waals surface area contributed by atoms with Gasteiger partial charge in [-0.3, -0.25) is 9.69 Å². The van der Waals surface area contributed by atoms with Gasteiger partial charge < -0.3 is 10.8 Å². The van der Waals surface area contributed by atoms with Crippen LogP contribution in [0.1, 0.15) is 33.1 Å². The highest BCUT2D eigenvalue weighted by Gasteiger charge is 2.14. The molecule has 0 heterocycles. The van der Waals surface area contributed by atoms with Gasteiger partial charge in [-0.1, -0.05) is 13.8 Å². The molecule has 0 unspecified atom stereocenters. The Hall–Kier alpha value is -0.610. The van der Waals surface area contributed by atoms with Crippen molar-refractivity contribution in [2.75, 3.05) is 19.7 Å². The maximum atomic E-state index is 10.6. The summed E-state index contributed by atoms with van der Waals surface area (Å²) in [5.41, 5.74) is 5.09. The molecule has 0 fully saturated rings. The molecule has 1 amide bonds. The Bertz CT molecular complexity index is 158. The van der Waals surface area contributed by atoms with E-state index < -0.39 is 0 Å². The van der Waals surface area contributed by atoms with Gasteiger partial charge in [-0.05, 0) is 12.8 Å². The minimum atomic E-state index is -0.279. The number of hydrogen-bond donors (Lipinski definition) is 2. The van der Waals surface area contributed by atoms with Gasteiger partial charge >= 0.3 is 0 Å². The van der Waals surface area contributed by atoms with Crippen LogP contribution in [0, 0.1) is 0 Å². The van der Waals surface area contributed by atoms with E-state index in [9.17, 15) is 4.79 Å². The maximum Gasteiger partial charge on any atom is 0.218 e. The second-order valence-electron chi connectivity index (χ2n) is 3.45. The third kappa shape index (κ3) is 5.19. The molecule has 3 N–H and O–H groups in total. The third-order valence-corrected chi connectivity index (χ3v) is 2.49. The molecule has 0 bridgehead atoms. The van der Waals surface area contributed by atoms with Crippen molar-refractivity contribution < 1.29 is 9.90 Å². The molecule has 14 heavy (non-hydrogen) atoms. The molecule has 0 spiro atoms. The normalized spacial score (nSPS) is 11.2. The van der Waals surface area contributed by atoms with Crippen molar-refractivity contribution in [3.8, 4) is 0 Å². The standard InChI is InChI=1S/C10H22N2O2/c1-3-9(4-2)12(7-8-13)6-5-10(11)14/h9,13H,3-8H2,1-2H3,(H2,11,14). The van der Waals surface area contributed by atoms with Crippen molar-refractivity contribution >= 4 is 5.91 Å². The molecule has 0 aromatic carbocycles. The topological polar surface area (TPSA) is 66.6 Å². The van der Waals surface area contributed by atoms with Crippen LogP contribution in [0.25, 0.3) is 0 Å². The Morgan fingerprint density at radius 3 is 2.29 bits per heavy atom. The Morgan fingerprint density at radius 1 is 1.36 bits per heavy atom. The summed E-state index contributed by atoms with van der Waals surface area (Å²) < 4.78 is 0. The summed E-state index contributed by atoms with van der Waals surface area (Å²) in [6.07, 6.45) is 2.45. The number of amides is 1. The number of hydrogen-bond acceptors (Lipinski definition) is 3. The third-order valence-electron chi connectivity index (χ3n) is 2.49. The molecule has 84 valence electrons. The second kappa shape index (κ2) is 7.76. The van der Waals surface area contributed by atoms with E-state index in [1.807, 2.05) is 0 Å². The number of carbonyl (C=O) groups excluding carboxylic acids is 1. The fourth-order valence-corrected chi connectivity index (χ4v) is 1.66. The first-order valence-corrected chi connectivity index (χ1v) is 5.28. The molecule has 4 heteroatoms. The number of nitrogens with two attached hydrogens (primary N) is 1. The van der Waals surface area contributed by atoms with Crippen molar-refractivity contribution in [3.63, 3.8) is 0 Å². The van der Waals surface area contributed by atoms with Gasteiger partial charge in [-0.25, -0.2) is 0 Å². The SMILES string of the molecule is CCC(CC)N(CCO)CCC(N)=O. The Kier molecular flexibility index (Phi) is 7.42. The van der Waals surface area contributed by atoms with E-state index in [2.05, 4.69) is 18.7 Å². The quantitative estimate of drug-likeness (QED) is 0.596. The predicted molar refractivity (Wildman–Crippen MR) is 56.8 cm³/mol. The van der Waals surface area contributed by atoms with Crippen LogP contribution < -0.4 is 5.73 Å². The lowest BCUT2D eigenvalue weighted by Gasteiger charge is -2.29. The molecular weight excluding hydrogens is 180 g/mol. The van der Waals surface area contributed by atoms with Gasteiger partial charge in [0.25, 0.3) is 0 Å². The van der Waals surface area contributed by atoms with Crippen molar-refractivity contribution in [2.24, 2.45) is 5.73 Å². The van der Waals surface area contributed by atoms with Gasteiger partial charge in [0.05, 0.1) is 6.61 Å². The number of primary amides is 1. The van der Waals surface area contributed by atoms with Crippen molar-refractivity contribution in [1.82, 2.24) is 4.90 Å². The van der Waals surface area contributed by atoms with Crippen LogP contribution in [0.5, 0.6) is 0 Å². The molecule has 0 aliphatic rings. The Labute approximate surface area is 86.1 Å². The zero-order valence-corrected chi connectivity index (χ0v) is 9.20. The van der Waals surface area contributed by atoms with Crippen molar-refractivity contribution in [2.45, 2.75) is 39.2 Å². The van der Waals surface area contributed by atoms with E-state index in [0.29, 0.717) is 25.6 Å². The summed E-state index contributed by atoms with van der Waals surface area (Å²) in [7, 11) is 0. The molecule has 0 saturated carbocycles. The molecule has 0 aliphatic carbocycles. The molecule has 0 aromatic heterocycles. The van der Waals surface area contributed by atoms with Crippen LogP contribution in [-0.4, -0.2) is 41.7 Å². The van der Waals surface area contributed by atoms with E-state index in [4.69, 9.17) is 10.8 Å². The maximum absolute atomic E-state index is 10.6. The monoisotopic (exact) mass is 202 g/mol. The first-order chi connectivity index (χ1) is 6.65. The second-order valence-corrected chi connectivity index (χ2v) is 3.45. The summed E-state index contributed by atoms with van der Waals surface area (Å²) >= 11 is 0. The largest absolute Gasteiger partial charge is 0.395 e. The zero-order chi connectivity index (χ0) is 11.0. The molecule has 0 rings (SSSR count). The van der Waals surface area contributed by atoms with Crippen molar-refractivity contribution in [3.05, 3.63) is 0 Å². The van der Waals surface area contributed by atoms with Crippen LogP contribution >= 0.6 is 0 Å². The lowest BCUT2D eigenvalue weighted by molar-refractivity contribution is -0.118. The minimum Gasteiger partial charge on any atom is -0.395 e. The van der Waals surface area contributed by atoms with Gasteiger partial charge in [-0.15, -0.1) is 0 Å². The number of aliphatic hydroxyl groups is 1. The predicted octanol–water partition coefficient (Wildman–Crippen LogP) is 0.345. The molecule has 4 nitrogen and oxygen atoms in total. The van der Waals surface area contributed by atoms with Gasteiger partial charge in [0, 0.05) is 25.6 Å². The van der Waals surface area contributed by atoms with E-state index in [-0.39, 0.29) is 12.5 Å². The minimum absolute atomic E-state index is 0.134. The fraction of sp³-hybridized carbons (Fsp3) is 0.900. The average Bonchev–Trinajstić information content (AvgIpc) is 2.15. The van der Waals surface area contributed by atoms with Crippen LogP contribution in [0.3, 0.4) is 0 Å². The summed E-state index contributed by atoms with van der Waals surface area (Å²) in [6.45, 7) is 5.64. The number of aliphatic hydroxyl groups excluding tert-OH is 1. The zero-order valence-electron chi connectivity index (χ0n) is 9.20. The number of carbonyl (C=O) groups is 1. The molecule has 0 aromatic rings.